The van der Waals surface area contributed by atoms with E-state index in [0.717, 1.165) is 31.7 Å². The predicted molar refractivity (Wildman–Crippen MR) is 96.3 cm³/mol. The Bertz CT molecular complexity index is 572. The van der Waals surface area contributed by atoms with Crippen LogP contribution >= 0.6 is 0 Å². The van der Waals surface area contributed by atoms with Gasteiger partial charge < -0.3 is 10.6 Å². The molecule has 1 saturated carbocycles. The van der Waals surface area contributed by atoms with Crippen LogP contribution in [0.2, 0.25) is 0 Å². The number of amides is 1. The summed E-state index contributed by atoms with van der Waals surface area (Å²) >= 11 is 0. The fourth-order valence-corrected chi connectivity index (χ4v) is 4.37. The largest absolute Gasteiger partial charge is 0.354 e. The van der Waals surface area contributed by atoms with E-state index >= 15 is 0 Å². The van der Waals surface area contributed by atoms with Gasteiger partial charge in [0.05, 0.1) is 0 Å². The third-order valence-electron chi connectivity index (χ3n) is 5.51. The summed E-state index contributed by atoms with van der Waals surface area (Å²) in [5.74, 6) is 0.686. The van der Waals surface area contributed by atoms with Crippen molar-refractivity contribution in [3.63, 3.8) is 0 Å². The summed E-state index contributed by atoms with van der Waals surface area (Å²) in [5, 5.41) is 11.1. The minimum absolute atomic E-state index is 0.0427. The van der Waals surface area contributed by atoms with Gasteiger partial charge in [0.2, 0.25) is 0 Å². The highest BCUT2D eigenvalue weighted by Crippen LogP contribution is 2.29. The molecule has 0 spiro atoms. The Balaban J connectivity index is 1.83. The van der Waals surface area contributed by atoms with Gasteiger partial charge in [-0.15, -0.1) is 0 Å². The number of nitrogens with one attached hydrogen (secondary N) is 2. The Morgan fingerprint density at radius 2 is 2.00 bits per heavy atom. The lowest BCUT2D eigenvalue weighted by molar-refractivity contribution is 0.0956. The maximum Gasteiger partial charge on any atom is 0.271 e. The molecule has 2 N–H and O–H groups in total. The molecule has 0 aromatic carbocycles. The van der Waals surface area contributed by atoms with Crippen LogP contribution in [0.5, 0.6) is 0 Å². The smallest absolute Gasteiger partial charge is 0.271 e. The van der Waals surface area contributed by atoms with Crippen molar-refractivity contribution >= 4 is 5.91 Å². The van der Waals surface area contributed by atoms with Crippen molar-refractivity contribution in [1.82, 2.24) is 20.4 Å². The number of rotatable bonds is 5. The molecule has 5 nitrogen and oxygen atoms in total. The molecule has 1 amide bonds. The molecule has 0 aliphatic heterocycles. The monoisotopic (exact) mass is 332 g/mol. The van der Waals surface area contributed by atoms with Crippen LogP contribution in [0.3, 0.4) is 0 Å². The SMILES string of the molecule is CNC(=O)c1nn(CC2CCCCC2)c2c1CC(NC(C)C)CC2. The van der Waals surface area contributed by atoms with E-state index in [1.165, 1.54) is 43.4 Å². The molecule has 24 heavy (non-hydrogen) atoms. The highest BCUT2D eigenvalue weighted by atomic mass is 16.1. The molecule has 0 bridgehead atoms. The van der Waals surface area contributed by atoms with Crippen LogP contribution in [0, 0.1) is 5.92 Å². The quantitative estimate of drug-likeness (QED) is 0.871. The number of hydrogen-bond acceptors (Lipinski definition) is 3. The van der Waals surface area contributed by atoms with Gasteiger partial charge in [-0.1, -0.05) is 33.1 Å². The molecule has 1 aromatic rings. The summed E-state index contributed by atoms with van der Waals surface area (Å²) in [5.41, 5.74) is 3.13. The topological polar surface area (TPSA) is 59.0 Å². The first-order valence-corrected chi connectivity index (χ1v) is 9.65. The molecule has 3 rings (SSSR count). The van der Waals surface area contributed by atoms with Gasteiger partial charge >= 0.3 is 0 Å². The zero-order valence-electron chi connectivity index (χ0n) is 15.4. The molecule has 0 radical (unpaired) electrons. The molecule has 0 saturated heterocycles. The van der Waals surface area contributed by atoms with Crippen molar-refractivity contribution in [2.24, 2.45) is 5.92 Å². The van der Waals surface area contributed by atoms with Crippen LogP contribution in [0.4, 0.5) is 0 Å². The van der Waals surface area contributed by atoms with Gasteiger partial charge in [0.25, 0.3) is 5.91 Å². The molecule has 5 heteroatoms. The average molecular weight is 332 g/mol. The van der Waals surface area contributed by atoms with Crippen LogP contribution < -0.4 is 10.6 Å². The number of hydrogen-bond donors (Lipinski definition) is 2. The van der Waals surface area contributed by atoms with Gasteiger partial charge in [0.1, 0.15) is 0 Å². The Morgan fingerprint density at radius 3 is 2.67 bits per heavy atom. The first-order chi connectivity index (χ1) is 11.6. The molecular weight excluding hydrogens is 300 g/mol. The molecule has 1 aromatic heterocycles. The van der Waals surface area contributed by atoms with E-state index in [-0.39, 0.29) is 5.91 Å². The predicted octanol–water partition coefficient (Wildman–Crippen LogP) is 2.68. The van der Waals surface area contributed by atoms with Crippen molar-refractivity contribution in [3.8, 4) is 0 Å². The molecule has 2 aliphatic carbocycles. The van der Waals surface area contributed by atoms with Gasteiger partial charge in [0, 0.05) is 36.9 Å². The zero-order valence-corrected chi connectivity index (χ0v) is 15.4. The van der Waals surface area contributed by atoms with Crippen LogP contribution in [0.1, 0.15) is 74.1 Å². The van der Waals surface area contributed by atoms with Crippen molar-refractivity contribution in [3.05, 3.63) is 17.0 Å². The third kappa shape index (κ3) is 3.82. The highest BCUT2D eigenvalue weighted by molar-refractivity contribution is 5.93. The van der Waals surface area contributed by atoms with Gasteiger partial charge in [-0.2, -0.15) is 5.10 Å². The lowest BCUT2D eigenvalue weighted by atomic mass is 9.88. The molecule has 2 aliphatic rings. The van der Waals surface area contributed by atoms with Gasteiger partial charge in [-0.25, -0.2) is 0 Å². The third-order valence-corrected chi connectivity index (χ3v) is 5.51. The van der Waals surface area contributed by atoms with E-state index in [0.29, 0.717) is 17.8 Å². The summed E-state index contributed by atoms with van der Waals surface area (Å²) in [6.07, 6.45) is 9.75. The minimum Gasteiger partial charge on any atom is -0.354 e. The van der Waals surface area contributed by atoms with Crippen LogP contribution in [-0.4, -0.2) is 34.8 Å². The van der Waals surface area contributed by atoms with Crippen molar-refractivity contribution < 1.29 is 4.79 Å². The second kappa shape index (κ2) is 7.68. The second-order valence-electron chi connectivity index (χ2n) is 7.80. The van der Waals surface area contributed by atoms with Crippen molar-refractivity contribution in [1.29, 1.82) is 0 Å². The number of carbonyl (C=O) groups excluding carboxylic acids is 1. The summed E-state index contributed by atoms with van der Waals surface area (Å²) in [7, 11) is 1.70. The zero-order chi connectivity index (χ0) is 17.1. The number of nitrogens with zero attached hydrogens (tertiary/aromatic N) is 2. The second-order valence-corrected chi connectivity index (χ2v) is 7.80. The molecule has 134 valence electrons. The van der Waals surface area contributed by atoms with Crippen LogP contribution in [0.15, 0.2) is 0 Å². The standard InChI is InChI=1S/C19H32N4O/c1-13(2)21-15-9-10-17-16(11-15)18(19(24)20-3)22-23(17)12-14-7-5-4-6-8-14/h13-15,21H,4-12H2,1-3H3,(H,20,24). The molecule has 1 unspecified atom stereocenters. The van der Waals surface area contributed by atoms with Crippen molar-refractivity contribution in [2.75, 3.05) is 7.05 Å². The van der Waals surface area contributed by atoms with Gasteiger partial charge in [0.15, 0.2) is 5.69 Å². The maximum absolute atomic E-state index is 12.3. The van der Waals surface area contributed by atoms with E-state index in [4.69, 9.17) is 5.10 Å². The van der Waals surface area contributed by atoms with E-state index < -0.39 is 0 Å². The fourth-order valence-electron chi connectivity index (χ4n) is 4.37. The Morgan fingerprint density at radius 1 is 1.25 bits per heavy atom. The fraction of sp³-hybridized carbons (Fsp3) is 0.789. The highest BCUT2D eigenvalue weighted by Gasteiger charge is 2.29. The first kappa shape index (κ1) is 17.5. The van der Waals surface area contributed by atoms with E-state index in [9.17, 15) is 4.79 Å². The summed E-state index contributed by atoms with van der Waals surface area (Å²) in [4.78, 5) is 12.3. The van der Waals surface area contributed by atoms with E-state index in [2.05, 4.69) is 29.2 Å². The summed E-state index contributed by atoms with van der Waals surface area (Å²) < 4.78 is 2.17. The first-order valence-electron chi connectivity index (χ1n) is 9.65. The minimum atomic E-state index is -0.0427. The number of fused-ring (bicyclic) bond motifs is 1. The van der Waals surface area contributed by atoms with Gasteiger partial charge in [-0.3, -0.25) is 9.48 Å². The molecule has 1 heterocycles. The Kier molecular flexibility index (Phi) is 5.59. The van der Waals surface area contributed by atoms with E-state index in [1.54, 1.807) is 7.05 Å². The van der Waals surface area contributed by atoms with E-state index in [1.807, 2.05) is 0 Å². The molecular formula is C19H32N4O. The molecule has 1 fully saturated rings. The van der Waals surface area contributed by atoms with Crippen LogP contribution in [-0.2, 0) is 19.4 Å². The maximum atomic E-state index is 12.3. The molecule has 1 atom stereocenters. The summed E-state index contributed by atoms with van der Waals surface area (Å²) in [6, 6.07) is 0.922. The Hall–Kier alpha value is -1.36. The lowest BCUT2D eigenvalue weighted by Gasteiger charge is -2.27. The Labute approximate surface area is 145 Å². The average Bonchev–Trinajstić information content (AvgIpc) is 2.92. The van der Waals surface area contributed by atoms with Gasteiger partial charge in [-0.05, 0) is 38.0 Å². The summed E-state index contributed by atoms with van der Waals surface area (Å²) in [6.45, 7) is 5.35. The lowest BCUT2D eigenvalue weighted by Crippen LogP contribution is -2.39. The normalized spacial score (nSPS) is 21.8. The number of aromatic nitrogens is 2. The number of carbonyl (C=O) groups is 1. The van der Waals surface area contributed by atoms with Crippen molar-refractivity contribution in [2.45, 2.75) is 83.8 Å². The van der Waals surface area contributed by atoms with Crippen LogP contribution in [0.25, 0.3) is 0 Å².